The molecule has 2 aliphatic rings. The van der Waals surface area contributed by atoms with E-state index in [0.29, 0.717) is 29.2 Å². The van der Waals surface area contributed by atoms with Gasteiger partial charge in [-0.2, -0.15) is 0 Å². The number of benzene rings is 5. The zero-order valence-electron chi connectivity index (χ0n) is 30.7. The minimum Gasteiger partial charge on any atom is -0.497 e. The van der Waals surface area contributed by atoms with E-state index in [9.17, 15) is 9.59 Å². The second kappa shape index (κ2) is 15.5. The molecule has 3 atom stereocenters. The van der Waals surface area contributed by atoms with Gasteiger partial charge in [-0.25, -0.2) is 4.79 Å². The van der Waals surface area contributed by atoms with E-state index in [1.54, 1.807) is 32.4 Å². The van der Waals surface area contributed by atoms with Gasteiger partial charge in [0, 0.05) is 23.0 Å². The summed E-state index contributed by atoms with van der Waals surface area (Å²) in [5, 5.41) is 3.15. The lowest BCUT2D eigenvalue weighted by atomic mass is 9.63. The molecule has 5 aromatic carbocycles. The second-order valence-corrected chi connectivity index (χ2v) is 13.9. The van der Waals surface area contributed by atoms with Gasteiger partial charge in [0.15, 0.2) is 12.1 Å². The van der Waals surface area contributed by atoms with Crippen LogP contribution in [0.3, 0.4) is 0 Å². The largest absolute Gasteiger partial charge is 0.497 e. The van der Waals surface area contributed by atoms with Crippen molar-refractivity contribution in [1.29, 1.82) is 0 Å². The first-order valence-electron chi connectivity index (χ1n) is 18.0. The fourth-order valence-electron chi connectivity index (χ4n) is 7.61. The molecular weight excluding hydrogens is 677 g/mol. The lowest BCUT2D eigenvalue weighted by Gasteiger charge is -2.44. The molecule has 0 heterocycles. The first kappa shape index (κ1) is 36.2. The number of nitrogens with two attached hydrogens (primary N) is 1. The van der Waals surface area contributed by atoms with Gasteiger partial charge >= 0.3 is 5.97 Å². The lowest BCUT2D eigenvalue weighted by molar-refractivity contribution is -0.155. The van der Waals surface area contributed by atoms with Crippen molar-refractivity contribution in [2.45, 2.75) is 30.8 Å². The van der Waals surface area contributed by atoms with Gasteiger partial charge in [0.05, 0.1) is 20.3 Å². The molecule has 274 valence electrons. The summed E-state index contributed by atoms with van der Waals surface area (Å²) in [5.74, 6) is 0.578. The zero-order valence-corrected chi connectivity index (χ0v) is 30.7. The third kappa shape index (κ3) is 6.88. The molecule has 8 heteroatoms. The van der Waals surface area contributed by atoms with Gasteiger partial charge < -0.3 is 30.0 Å². The normalized spacial score (nSPS) is 17.6. The number of hydrogen-bond acceptors (Lipinski definition) is 7. The van der Waals surface area contributed by atoms with Crippen LogP contribution in [0.5, 0.6) is 17.2 Å². The first-order valence-corrected chi connectivity index (χ1v) is 18.0. The smallest absolute Gasteiger partial charge is 0.331 e. The predicted molar refractivity (Wildman–Crippen MR) is 209 cm³/mol. The SMILES string of the molecule is COc1ccc(C(N)(C(=O)OCC2c3ccccc3-c3ccccc32)C2(C)C=CC(C(NC(=O)COc3ccccc3)c3ccccc3)=CC2)c(OC)c1. The van der Waals surface area contributed by atoms with Crippen molar-refractivity contribution in [1.82, 2.24) is 5.32 Å². The van der Waals surface area contributed by atoms with Gasteiger partial charge in [-0.1, -0.05) is 122 Å². The van der Waals surface area contributed by atoms with Gasteiger partial charge in [-0.05, 0) is 64.1 Å². The minimum absolute atomic E-state index is 0.109. The lowest BCUT2D eigenvalue weighted by Crippen LogP contribution is -2.57. The number of fused-ring (bicyclic) bond motifs is 3. The van der Waals surface area contributed by atoms with Crippen molar-refractivity contribution in [3.8, 4) is 28.4 Å². The van der Waals surface area contributed by atoms with E-state index in [4.69, 9.17) is 24.7 Å². The van der Waals surface area contributed by atoms with Crippen molar-refractivity contribution in [3.63, 3.8) is 0 Å². The van der Waals surface area contributed by atoms with Crippen LogP contribution in [0.1, 0.15) is 47.6 Å². The summed E-state index contributed by atoms with van der Waals surface area (Å²) in [6.45, 7) is 1.91. The average molecular weight is 721 g/mol. The number of nitrogens with one attached hydrogen (secondary N) is 1. The van der Waals surface area contributed by atoms with Gasteiger partial charge in [0.1, 0.15) is 23.9 Å². The van der Waals surface area contributed by atoms with Crippen molar-refractivity contribution in [2.24, 2.45) is 11.1 Å². The van der Waals surface area contributed by atoms with Crippen LogP contribution < -0.4 is 25.3 Å². The molecule has 0 spiro atoms. The molecule has 0 aromatic heterocycles. The highest BCUT2D eigenvalue weighted by molar-refractivity contribution is 5.86. The summed E-state index contributed by atoms with van der Waals surface area (Å²) in [5.41, 5.74) is 11.5. The highest BCUT2D eigenvalue weighted by Gasteiger charge is 2.54. The Bertz CT molecular complexity index is 2150. The van der Waals surface area contributed by atoms with Gasteiger partial charge in [0.2, 0.25) is 0 Å². The summed E-state index contributed by atoms with van der Waals surface area (Å²) >= 11 is 0. The summed E-state index contributed by atoms with van der Waals surface area (Å²) in [6, 6.07) is 40.2. The third-order valence-electron chi connectivity index (χ3n) is 10.7. The van der Waals surface area contributed by atoms with Crippen LogP contribution in [0.4, 0.5) is 0 Å². The number of methoxy groups -OCH3 is 2. The second-order valence-electron chi connectivity index (χ2n) is 13.9. The molecule has 0 bridgehead atoms. The molecule has 8 nitrogen and oxygen atoms in total. The summed E-state index contributed by atoms with van der Waals surface area (Å²) in [7, 11) is 3.12. The third-order valence-corrected chi connectivity index (χ3v) is 10.7. The Hall–Kier alpha value is -6.12. The predicted octanol–water partition coefficient (Wildman–Crippen LogP) is 8.04. The van der Waals surface area contributed by atoms with E-state index in [1.165, 1.54) is 0 Å². The van der Waals surface area contributed by atoms with E-state index >= 15 is 0 Å². The summed E-state index contributed by atoms with van der Waals surface area (Å²) in [4.78, 5) is 28.1. The van der Waals surface area contributed by atoms with Crippen molar-refractivity contribution in [2.75, 3.05) is 27.4 Å². The molecule has 3 N–H and O–H groups in total. The summed E-state index contributed by atoms with van der Waals surface area (Å²) in [6.07, 6.45) is 6.28. The number of carbonyl (C=O) groups excluding carboxylic acids is 2. The van der Waals surface area contributed by atoms with Crippen LogP contribution in [-0.4, -0.2) is 39.3 Å². The van der Waals surface area contributed by atoms with Crippen LogP contribution in [0.2, 0.25) is 0 Å². The average Bonchev–Trinajstić information content (AvgIpc) is 3.55. The number of allylic oxidation sites excluding steroid dienone is 1. The number of ether oxygens (including phenoxy) is 4. The molecule has 54 heavy (non-hydrogen) atoms. The number of carbonyl (C=O) groups is 2. The van der Waals surface area contributed by atoms with Gasteiger partial charge in [-0.3, -0.25) is 4.79 Å². The molecule has 0 aliphatic heterocycles. The van der Waals surface area contributed by atoms with Crippen LogP contribution in [-0.2, 0) is 19.9 Å². The highest BCUT2D eigenvalue weighted by Crippen LogP contribution is 2.50. The fourth-order valence-corrected chi connectivity index (χ4v) is 7.61. The van der Waals surface area contributed by atoms with E-state index in [2.05, 4.69) is 29.6 Å². The topological polar surface area (TPSA) is 109 Å². The first-order chi connectivity index (χ1) is 26.3. The van der Waals surface area contributed by atoms with E-state index in [-0.39, 0.29) is 25.0 Å². The summed E-state index contributed by atoms with van der Waals surface area (Å²) < 4.78 is 23.4. The van der Waals surface area contributed by atoms with Crippen molar-refractivity contribution in [3.05, 3.63) is 173 Å². The minimum atomic E-state index is -1.70. The van der Waals surface area contributed by atoms with Crippen molar-refractivity contribution < 1.29 is 28.5 Å². The molecular formula is C46H44N2O6. The Morgan fingerprint density at radius 2 is 1.44 bits per heavy atom. The van der Waals surface area contributed by atoms with Crippen LogP contribution >= 0.6 is 0 Å². The Labute approximate surface area is 316 Å². The number of para-hydroxylation sites is 1. The maximum atomic E-state index is 14.8. The molecule has 7 rings (SSSR count). The Balaban J connectivity index is 1.19. The number of esters is 1. The molecule has 2 aliphatic carbocycles. The van der Waals surface area contributed by atoms with Crippen LogP contribution in [0.25, 0.3) is 11.1 Å². The maximum absolute atomic E-state index is 14.8. The maximum Gasteiger partial charge on any atom is 0.331 e. The fraction of sp³-hybridized carbons (Fsp3) is 0.217. The van der Waals surface area contributed by atoms with Crippen LogP contribution in [0.15, 0.2) is 151 Å². The Kier molecular flexibility index (Phi) is 10.4. The van der Waals surface area contributed by atoms with Crippen molar-refractivity contribution >= 4 is 11.9 Å². The molecule has 1 amide bonds. The number of hydrogen-bond donors (Lipinski definition) is 2. The van der Waals surface area contributed by atoms with E-state index in [0.717, 1.165) is 33.4 Å². The zero-order chi connectivity index (χ0) is 37.7. The molecule has 5 aromatic rings. The number of rotatable bonds is 13. The van der Waals surface area contributed by atoms with Gasteiger partial charge in [-0.15, -0.1) is 0 Å². The molecule has 0 saturated heterocycles. The number of amides is 1. The molecule has 0 radical (unpaired) electrons. The molecule has 0 fully saturated rings. The Morgan fingerprint density at radius 3 is 2.06 bits per heavy atom. The monoisotopic (exact) mass is 720 g/mol. The standard InChI is InChI=1S/C46H44N2O6/c1-45(26-24-32(25-27-45)43(31-14-6-4-7-15-31)48-42(49)30-53-33-16-8-5-9-17-33)46(47,40-23-22-34(51-2)28-41(40)52-3)44(50)54-29-39-37-20-12-10-18-35(37)36-19-11-13-21-38(36)39/h4-26,28,39,43H,27,29-30,47H2,1-3H3,(H,48,49). The molecule has 3 unspecified atom stereocenters. The Morgan fingerprint density at radius 1 is 0.815 bits per heavy atom. The molecule has 0 saturated carbocycles. The quantitative estimate of drug-likeness (QED) is 0.119. The van der Waals surface area contributed by atoms with E-state index in [1.807, 2.05) is 110 Å². The highest BCUT2D eigenvalue weighted by atomic mass is 16.5. The van der Waals surface area contributed by atoms with E-state index < -0.39 is 23.0 Å². The van der Waals surface area contributed by atoms with Crippen LogP contribution in [0, 0.1) is 5.41 Å². The van der Waals surface area contributed by atoms with Gasteiger partial charge in [0.25, 0.3) is 5.91 Å².